The smallest absolute Gasteiger partial charge is 0.124 e. The molecule has 6 aromatic rings. The highest BCUT2D eigenvalue weighted by Crippen LogP contribution is 2.39. The van der Waals surface area contributed by atoms with Crippen LogP contribution in [0.2, 0.25) is 0 Å². The number of aliphatic imine (C=N–C) groups is 2. The molecular formula is C39H36N4O3. The Morgan fingerprint density at radius 3 is 1.43 bits per heavy atom. The third-order valence-corrected chi connectivity index (χ3v) is 8.94. The molecule has 0 atom stereocenters. The normalized spacial score (nSPS) is 16.1. The molecule has 230 valence electrons. The Hall–Kier alpha value is -5.24. The quantitative estimate of drug-likeness (QED) is 0.152. The predicted molar refractivity (Wildman–Crippen MR) is 188 cm³/mol. The molecule has 0 amide bonds. The highest BCUT2D eigenvalue weighted by Gasteiger charge is 2.35. The maximum Gasteiger partial charge on any atom is 0.124 e. The molecule has 1 heterocycles. The van der Waals surface area contributed by atoms with Gasteiger partial charge in [0.15, 0.2) is 0 Å². The summed E-state index contributed by atoms with van der Waals surface area (Å²) in [5.74, 6) is 0.699. The topological polar surface area (TPSA) is 91.9 Å². The van der Waals surface area contributed by atoms with E-state index in [-0.39, 0.29) is 23.4 Å². The van der Waals surface area contributed by atoms with E-state index in [9.17, 15) is 15.3 Å². The van der Waals surface area contributed by atoms with Crippen LogP contribution in [0, 0.1) is 0 Å². The molecule has 0 saturated carbocycles. The average molecular weight is 609 g/mol. The van der Waals surface area contributed by atoms with E-state index in [1.165, 1.54) is 0 Å². The zero-order chi connectivity index (χ0) is 31.5. The van der Waals surface area contributed by atoms with Crippen molar-refractivity contribution in [3.63, 3.8) is 0 Å². The summed E-state index contributed by atoms with van der Waals surface area (Å²) in [6.07, 6.45) is 3.38. The fourth-order valence-corrected chi connectivity index (χ4v) is 6.64. The summed E-state index contributed by atoms with van der Waals surface area (Å²) in [7, 11) is 0. The van der Waals surface area contributed by atoms with Gasteiger partial charge in [-0.05, 0) is 50.5 Å². The number of fused-ring (bicyclic) bond motifs is 3. The molecule has 0 aliphatic carbocycles. The summed E-state index contributed by atoms with van der Waals surface area (Å²) in [4.78, 5) is 14.2. The van der Waals surface area contributed by atoms with E-state index in [1.807, 2.05) is 78.9 Å². The summed E-state index contributed by atoms with van der Waals surface area (Å²) in [5, 5.41) is 38.5. The van der Waals surface area contributed by atoms with Gasteiger partial charge in [-0.15, -0.1) is 0 Å². The summed E-state index contributed by atoms with van der Waals surface area (Å²) < 4.78 is 0. The Morgan fingerprint density at radius 1 is 0.522 bits per heavy atom. The van der Waals surface area contributed by atoms with E-state index < -0.39 is 0 Å². The molecule has 0 radical (unpaired) electrons. The van der Waals surface area contributed by atoms with Gasteiger partial charge in [-0.3, -0.25) is 19.8 Å². The van der Waals surface area contributed by atoms with Crippen LogP contribution in [0.5, 0.6) is 17.2 Å². The van der Waals surface area contributed by atoms with E-state index in [2.05, 4.69) is 21.9 Å². The van der Waals surface area contributed by atoms with Gasteiger partial charge in [-0.25, -0.2) is 0 Å². The minimum Gasteiger partial charge on any atom is -0.508 e. The molecule has 6 aromatic carbocycles. The molecule has 0 aromatic heterocycles. The van der Waals surface area contributed by atoms with Crippen LogP contribution in [0.4, 0.5) is 0 Å². The fourth-order valence-electron chi connectivity index (χ4n) is 6.64. The lowest BCUT2D eigenvalue weighted by Crippen LogP contribution is -2.34. The van der Waals surface area contributed by atoms with Gasteiger partial charge in [0.05, 0.1) is 19.3 Å². The van der Waals surface area contributed by atoms with Gasteiger partial charge in [0.2, 0.25) is 0 Å². The molecule has 0 bridgehead atoms. The van der Waals surface area contributed by atoms with Crippen LogP contribution in [0.15, 0.2) is 119 Å². The summed E-state index contributed by atoms with van der Waals surface area (Å²) in [6, 6.07) is 35.1. The molecule has 1 aliphatic rings. The van der Waals surface area contributed by atoms with Crippen molar-refractivity contribution in [3.05, 3.63) is 126 Å². The van der Waals surface area contributed by atoms with Gasteiger partial charge >= 0.3 is 0 Å². The minimum absolute atomic E-state index is 0.159. The molecule has 7 nitrogen and oxygen atoms in total. The Bertz CT molecular complexity index is 1980. The van der Waals surface area contributed by atoms with E-state index in [0.29, 0.717) is 26.2 Å². The van der Waals surface area contributed by atoms with Crippen LogP contribution in [0.25, 0.3) is 32.3 Å². The number of phenols is 3. The van der Waals surface area contributed by atoms with Gasteiger partial charge in [-0.2, -0.15) is 0 Å². The van der Waals surface area contributed by atoms with Crippen LogP contribution in [0.1, 0.15) is 22.9 Å². The van der Waals surface area contributed by atoms with Crippen molar-refractivity contribution in [2.75, 3.05) is 39.3 Å². The third kappa shape index (κ3) is 5.78. The number of rotatable bonds is 9. The van der Waals surface area contributed by atoms with Gasteiger partial charge in [0.25, 0.3) is 0 Å². The Labute approximate surface area is 268 Å². The van der Waals surface area contributed by atoms with Crippen molar-refractivity contribution in [1.82, 2.24) is 9.80 Å². The summed E-state index contributed by atoms with van der Waals surface area (Å²) >= 11 is 0. The lowest BCUT2D eigenvalue weighted by Gasteiger charge is -2.31. The first kappa shape index (κ1) is 29.5. The highest BCUT2D eigenvalue weighted by molar-refractivity contribution is 6.03. The van der Waals surface area contributed by atoms with Crippen molar-refractivity contribution >= 4 is 44.7 Å². The molecule has 46 heavy (non-hydrogen) atoms. The molecule has 0 unspecified atom stereocenters. The minimum atomic E-state index is -0.159. The Balaban J connectivity index is 1.13. The van der Waals surface area contributed by atoms with Gasteiger partial charge in [-0.1, -0.05) is 91.0 Å². The molecule has 1 fully saturated rings. The first-order chi connectivity index (χ1) is 22.6. The molecular weight excluding hydrogens is 572 g/mol. The Morgan fingerprint density at radius 2 is 0.935 bits per heavy atom. The summed E-state index contributed by atoms with van der Waals surface area (Å²) in [6.45, 7) is 4.07. The number of phenolic OH excluding ortho intramolecular Hbond substituents is 3. The molecule has 1 saturated heterocycles. The largest absolute Gasteiger partial charge is 0.508 e. The molecule has 7 rings (SSSR count). The van der Waals surface area contributed by atoms with Crippen LogP contribution in [0.3, 0.4) is 0 Å². The molecule has 3 N–H and O–H groups in total. The zero-order valence-electron chi connectivity index (χ0n) is 25.5. The van der Waals surface area contributed by atoms with Crippen molar-refractivity contribution in [2.24, 2.45) is 9.98 Å². The monoisotopic (exact) mass is 608 g/mol. The second-order valence-electron chi connectivity index (χ2n) is 11.7. The predicted octanol–water partition coefficient (Wildman–Crippen LogP) is 7.12. The van der Waals surface area contributed by atoms with Crippen LogP contribution >= 0.6 is 0 Å². The Kier molecular flexibility index (Phi) is 8.33. The van der Waals surface area contributed by atoms with Gasteiger partial charge < -0.3 is 15.3 Å². The van der Waals surface area contributed by atoms with E-state index >= 15 is 0 Å². The van der Waals surface area contributed by atoms with Crippen molar-refractivity contribution < 1.29 is 15.3 Å². The zero-order valence-corrected chi connectivity index (χ0v) is 25.5. The van der Waals surface area contributed by atoms with Crippen molar-refractivity contribution in [3.8, 4) is 17.2 Å². The first-order valence-corrected chi connectivity index (χ1v) is 15.7. The molecule has 0 spiro atoms. The first-order valence-electron chi connectivity index (χ1n) is 15.7. The fraction of sp³-hybridized carbons (Fsp3) is 0.179. The second-order valence-corrected chi connectivity index (χ2v) is 11.7. The number of hydrogen-bond donors (Lipinski definition) is 3. The lowest BCUT2D eigenvalue weighted by molar-refractivity contribution is 0.142. The number of nitrogens with zero attached hydrogens (tertiary/aromatic N) is 4. The lowest BCUT2D eigenvalue weighted by atomic mass is 10.00. The van der Waals surface area contributed by atoms with E-state index in [1.54, 1.807) is 30.6 Å². The van der Waals surface area contributed by atoms with Gasteiger partial charge in [0, 0.05) is 55.3 Å². The second kappa shape index (κ2) is 13.0. The van der Waals surface area contributed by atoms with Crippen LogP contribution in [-0.4, -0.2) is 76.8 Å². The van der Waals surface area contributed by atoms with E-state index in [0.717, 1.165) is 62.1 Å². The van der Waals surface area contributed by atoms with Crippen LogP contribution < -0.4 is 0 Å². The van der Waals surface area contributed by atoms with E-state index in [4.69, 9.17) is 9.98 Å². The highest BCUT2D eigenvalue weighted by atomic mass is 16.3. The van der Waals surface area contributed by atoms with Crippen molar-refractivity contribution in [1.29, 1.82) is 0 Å². The number of hydrogen-bond acceptors (Lipinski definition) is 7. The number of aromatic hydroxyl groups is 3. The average Bonchev–Trinajstić information content (AvgIpc) is 3.48. The third-order valence-electron chi connectivity index (χ3n) is 8.94. The maximum atomic E-state index is 11.2. The number of benzene rings is 6. The summed E-state index contributed by atoms with van der Waals surface area (Å²) in [5.41, 5.74) is 2.33. The standard InChI is InChI=1S/C39H36N4O3/c44-35-16-13-27-7-1-4-10-30(27)33(35)25-40-19-21-42-23-24-43(39(42)38-32-12-6-3-9-29(32)15-18-37(38)46)22-20-41-26-34-31-11-5-2-8-28(31)14-17-36(34)45/h1-18,25-26,39,44-46H,19-24H2. The SMILES string of the molecule is Oc1ccc2ccccc2c1C=NCCN1CCN(CCN=Cc2c(O)ccc3ccccc23)C1c1c(O)ccc2ccccc12. The maximum absolute atomic E-state index is 11.2. The molecule has 7 heteroatoms. The molecule has 1 aliphatic heterocycles. The van der Waals surface area contributed by atoms with Crippen molar-refractivity contribution in [2.45, 2.75) is 6.17 Å². The van der Waals surface area contributed by atoms with Crippen LogP contribution in [-0.2, 0) is 0 Å². The van der Waals surface area contributed by atoms with Gasteiger partial charge in [0.1, 0.15) is 17.2 Å².